The van der Waals surface area contributed by atoms with Gasteiger partial charge in [-0.2, -0.15) is 18.3 Å². The van der Waals surface area contributed by atoms with Crippen LogP contribution < -0.4 is 11.1 Å². The van der Waals surface area contributed by atoms with Gasteiger partial charge in [-0.15, -0.1) is 0 Å². The fourth-order valence-corrected chi connectivity index (χ4v) is 1.13. The standard InChI is InChI=1S/C8H11F3N4O/c1-15-6(5(12)4-14-15)7(16)13-3-2-8(9,10)11/h4H,2-3,12H2,1H3,(H,13,16). The first-order valence-corrected chi connectivity index (χ1v) is 4.43. The second-order valence-electron chi connectivity index (χ2n) is 3.19. The number of rotatable bonds is 3. The molecule has 90 valence electrons. The number of anilines is 1. The average molecular weight is 236 g/mol. The van der Waals surface area contributed by atoms with E-state index in [1.807, 2.05) is 0 Å². The van der Waals surface area contributed by atoms with Crippen molar-refractivity contribution in [3.63, 3.8) is 0 Å². The van der Waals surface area contributed by atoms with E-state index < -0.39 is 25.0 Å². The van der Waals surface area contributed by atoms with Gasteiger partial charge in [-0.1, -0.05) is 0 Å². The molecule has 0 saturated carbocycles. The average Bonchev–Trinajstić information content (AvgIpc) is 2.43. The number of nitrogens with one attached hydrogen (secondary N) is 1. The Morgan fingerprint density at radius 3 is 2.69 bits per heavy atom. The summed E-state index contributed by atoms with van der Waals surface area (Å²) in [4.78, 5) is 11.4. The Morgan fingerprint density at radius 1 is 1.62 bits per heavy atom. The number of nitrogen functional groups attached to an aromatic ring is 1. The molecular formula is C8H11F3N4O. The van der Waals surface area contributed by atoms with E-state index in [0.717, 1.165) is 0 Å². The number of aryl methyl sites for hydroxylation is 1. The molecule has 1 aromatic heterocycles. The third-order valence-corrected chi connectivity index (χ3v) is 1.88. The molecular weight excluding hydrogens is 225 g/mol. The molecule has 0 spiro atoms. The fourth-order valence-electron chi connectivity index (χ4n) is 1.13. The van der Waals surface area contributed by atoms with Crippen LogP contribution in [0.5, 0.6) is 0 Å². The molecule has 1 amide bonds. The molecule has 0 fully saturated rings. The first kappa shape index (κ1) is 12.3. The summed E-state index contributed by atoms with van der Waals surface area (Å²) in [6.07, 6.45) is -4.10. The molecule has 0 saturated heterocycles. The summed E-state index contributed by atoms with van der Waals surface area (Å²) >= 11 is 0. The maximum absolute atomic E-state index is 11.8. The Bertz CT molecular complexity index is 366. The topological polar surface area (TPSA) is 72.9 Å². The lowest BCUT2D eigenvalue weighted by Gasteiger charge is -2.08. The SMILES string of the molecule is Cn1ncc(N)c1C(=O)NCCC(F)(F)F. The molecule has 5 nitrogen and oxygen atoms in total. The first-order chi connectivity index (χ1) is 7.31. The number of aromatic nitrogens is 2. The zero-order chi connectivity index (χ0) is 12.3. The Hall–Kier alpha value is -1.73. The highest BCUT2D eigenvalue weighted by Crippen LogP contribution is 2.18. The summed E-state index contributed by atoms with van der Waals surface area (Å²) in [6.45, 7) is -0.479. The molecule has 0 aliphatic heterocycles. The Labute approximate surface area is 89.4 Å². The summed E-state index contributed by atoms with van der Waals surface area (Å²) in [6, 6.07) is 0. The highest BCUT2D eigenvalue weighted by atomic mass is 19.4. The molecule has 16 heavy (non-hydrogen) atoms. The predicted molar refractivity (Wildman–Crippen MR) is 50.6 cm³/mol. The van der Waals surface area contributed by atoms with E-state index in [2.05, 4.69) is 10.4 Å². The van der Waals surface area contributed by atoms with Crippen molar-refractivity contribution in [1.29, 1.82) is 0 Å². The largest absolute Gasteiger partial charge is 0.396 e. The van der Waals surface area contributed by atoms with Crippen molar-refractivity contribution < 1.29 is 18.0 Å². The van der Waals surface area contributed by atoms with Crippen molar-refractivity contribution in [2.24, 2.45) is 7.05 Å². The van der Waals surface area contributed by atoms with Gasteiger partial charge in [0, 0.05) is 13.6 Å². The fraction of sp³-hybridized carbons (Fsp3) is 0.500. The minimum absolute atomic E-state index is 0.0576. The predicted octanol–water partition coefficient (Wildman–Crippen LogP) is 0.685. The van der Waals surface area contributed by atoms with E-state index in [1.165, 1.54) is 17.9 Å². The van der Waals surface area contributed by atoms with Crippen LogP contribution in [-0.2, 0) is 7.05 Å². The summed E-state index contributed by atoms with van der Waals surface area (Å²) in [7, 11) is 1.48. The summed E-state index contributed by atoms with van der Waals surface area (Å²) < 4.78 is 36.6. The van der Waals surface area contributed by atoms with Crippen molar-refractivity contribution in [1.82, 2.24) is 15.1 Å². The maximum atomic E-state index is 11.8. The van der Waals surface area contributed by atoms with Crippen LogP contribution in [-0.4, -0.2) is 28.4 Å². The third-order valence-electron chi connectivity index (χ3n) is 1.88. The number of carbonyl (C=O) groups is 1. The van der Waals surface area contributed by atoms with Crippen LogP contribution >= 0.6 is 0 Å². The Morgan fingerprint density at radius 2 is 2.25 bits per heavy atom. The van der Waals surface area contributed by atoms with Crippen LogP contribution in [0.1, 0.15) is 16.9 Å². The number of hydrogen-bond donors (Lipinski definition) is 2. The van der Waals surface area contributed by atoms with E-state index in [0.29, 0.717) is 0 Å². The molecule has 1 rings (SSSR count). The van der Waals surface area contributed by atoms with Crippen LogP contribution in [0.15, 0.2) is 6.20 Å². The van der Waals surface area contributed by atoms with Gasteiger partial charge >= 0.3 is 6.18 Å². The van der Waals surface area contributed by atoms with Crippen LogP contribution in [0.25, 0.3) is 0 Å². The van der Waals surface area contributed by atoms with E-state index in [4.69, 9.17) is 5.73 Å². The van der Waals surface area contributed by atoms with Gasteiger partial charge in [-0.25, -0.2) is 0 Å². The van der Waals surface area contributed by atoms with E-state index in [1.54, 1.807) is 0 Å². The van der Waals surface area contributed by atoms with Crippen molar-refractivity contribution in [3.8, 4) is 0 Å². The molecule has 0 bridgehead atoms. The maximum Gasteiger partial charge on any atom is 0.390 e. The van der Waals surface area contributed by atoms with Gasteiger partial charge in [0.1, 0.15) is 5.69 Å². The van der Waals surface area contributed by atoms with Crippen molar-refractivity contribution in [2.45, 2.75) is 12.6 Å². The van der Waals surface area contributed by atoms with Gasteiger partial charge < -0.3 is 11.1 Å². The van der Waals surface area contributed by atoms with Gasteiger partial charge in [0.25, 0.3) is 5.91 Å². The zero-order valence-electron chi connectivity index (χ0n) is 8.51. The van der Waals surface area contributed by atoms with Gasteiger partial charge in [0.05, 0.1) is 18.3 Å². The molecule has 0 aliphatic rings. The minimum atomic E-state index is -4.29. The normalized spacial score (nSPS) is 11.5. The molecule has 8 heteroatoms. The molecule has 0 radical (unpaired) electrons. The third kappa shape index (κ3) is 3.14. The smallest absolute Gasteiger partial charge is 0.390 e. The van der Waals surface area contributed by atoms with Gasteiger partial charge in [0.15, 0.2) is 0 Å². The van der Waals surface area contributed by atoms with E-state index >= 15 is 0 Å². The van der Waals surface area contributed by atoms with Gasteiger partial charge in [-0.3, -0.25) is 9.48 Å². The van der Waals surface area contributed by atoms with E-state index in [-0.39, 0.29) is 11.4 Å². The van der Waals surface area contributed by atoms with Gasteiger partial charge in [0.2, 0.25) is 0 Å². The van der Waals surface area contributed by atoms with Crippen LogP contribution in [0.2, 0.25) is 0 Å². The number of nitrogens with zero attached hydrogens (tertiary/aromatic N) is 2. The molecule has 0 aromatic carbocycles. The Balaban J connectivity index is 2.54. The van der Waals surface area contributed by atoms with E-state index in [9.17, 15) is 18.0 Å². The zero-order valence-corrected chi connectivity index (χ0v) is 8.51. The molecule has 1 aromatic rings. The lowest BCUT2D eigenvalue weighted by molar-refractivity contribution is -0.132. The van der Waals surface area contributed by atoms with Crippen LogP contribution in [0.3, 0.4) is 0 Å². The van der Waals surface area contributed by atoms with Crippen molar-refractivity contribution in [3.05, 3.63) is 11.9 Å². The van der Waals surface area contributed by atoms with Crippen molar-refractivity contribution >= 4 is 11.6 Å². The van der Waals surface area contributed by atoms with Crippen LogP contribution in [0.4, 0.5) is 18.9 Å². The molecule has 0 aliphatic carbocycles. The number of alkyl halides is 3. The molecule has 3 N–H and O–H groups in total. The Kier molecular flexibility index (Phi) is 3.41. The quantitative estimate of drug-likeness (QED) is 0.810. The highest BCUT2D eigenvalue weighted by molar-refractivity contribution is 5.97. The molecule has 1 heterocycles. The molecule has 0 atom stereocenters. The summed E-state index contributed by atoms with van der Waals surface area (Å²) in [5.74, 6) is -0.665. The van der Waals surface area contributed by atoms with Gasteiger partial charge in [-0.05, 0) is 0 Å². The minimum Gasteiger partial charge on any atom is -0.396 e. The number of halogens is 3. The summed E-state index contributed by atoms with van der Waals surface area (Å²) in [5.41, 5.74) is 5.62. The number of amides is 1. The second kappa shape index (κ2) is 4.42. The number of hydrogen-bond acceptors (Lipinski definition) is 3. The monoisotopic (exact) mass is 236 g/mol. The number of carbonyl (C=O) groups excluding carboxylic acids is 1. The first-order valence-electron chi connectivity index (χ1n) is 4.43. The second-order valence-corrected chi connectivity index (χ2v) is 3.19. The van der Waals surface area contributed by atoms with Crippen molar-refractivity contribution in [2.75, 3.05) is 12.3 Å². The summed E-state index contributed by atoms with van der Waals surface area (Å²) in [5, 5.41) is 5.83. The number of nitrogens with two attached hydrogens (primary N) is 1. The molecule has 0 unspecified atom stereocenters. The van der Waals surface area contributed by atoms with Crippen LogP contribution in [0, 0.1) is 0 Å². The lowest BCUT2D eigenvalue weighted by atomic mass is 10.3. The lowest BCUT2D eigenvalue weighted by Crippen LogP contribution is -2.30. The highest BCUT2D eigenvalue weighted by Gasteiger charge is 2.27.